The Balaban J connectivity index is 1.53. The molecule has 1 aliphatic rings. The number of aryl methyl sites for hydroxylation is 1. The molecule has 1 aromatic heterocycles. The molecule has 1 aliphatic carbocycles. The predicted molar refractivity (Wildman–Crippen MR) is 84.8 cm³/mol. The molecule has 0 spiro atoms. The molecule has 0 amide bonds. The summed E-state index contributed by atoms with van der Waals surface area (Å²) in [5, 5.41) is 13.0. The van der Waals surface area contributed by atoms with E-state index >= 15 is 0 Å². The quantitative estimate of drug-likeness (QED) is 0.881. The van der Waals surface area contributed by atoms with Crippen LogP contribution in [0.1, 0.15) is 22.6 Å². The van der Waals surface area contributed by atoms with E-state index in [0.29, 0.717) is 11.2 Å². The summed E-state index contributed by atoms with van der Waals surface area (Å²) in [5.41, 5.74) is 8.44. The van der Waals surface area contributed by atoms with Crippen molar-refractivity contribution in [3.63, 3.8) is 0 Å². The third kappa shape index (κ3) is 3.51. The van der Waals surface area contributed by atoms with Crippen LogP contribution >= 0.6 is 11.3 Å². The van der Waals surface area contributed by atoms with Crippen LogP contribution in [0.25, 0.3) is 0 Å². The van der Waals surface area contributed by atoms with Crippen molar-refractivity contribution in [1.29, 1.82) is 0 Å². The summed E-state index contributed by atoms with van der Waals surface area (Å²) in [6.07, 6.45) is 4.25. The van der Waals surface area contributed by atoms with E-state index in [-0.39, 0.29) is 0 Å². The molecular weight excluding hydrogens is 284 g/mol. The highest BCUT2D eigenvalue weighted by Gasteiger charge is 2.18. The Bertz CT molecular complexity index is 613. The molecule has 2 aromatic rings. The number of hydrogen-bond acceptors (Lipinski definition) is 6. The number of hydrogen-bond donors (Lipinski definition) is 2. The van der Waals surface area contributed by atoms with Crippen LogP contribution < -0.4 is 15.8 Å². The molecule has 1 aromatic carbocycles. The van der Waals surface area contributed by atoms with Crippen molar-refractivity contribution < 1.29 is 4.74 Å². The molecule has 0 radical (unpaired) electrons. The number of fused-ring (bicyclic) bond motifs is 1. The summed E-state index contributed by atoms with van der Waals surface area (Å²) in [6.45, 7) is 0.915. The van der Waals surface area contributed by atoms with Crippen LogP contribution in [0.5, 0.6) is 5.75 Å². The van der Waals surface area contributed by atoms with Gasteiger partial charge in [-0.3, -0.25) is 0 Å². The number of rotatable bonds is 5. The van der Waals surface area contributed by atoms with Gasteiger partial charge in [-0.2, -0.15) is 0 Å². The molecule has 1 heterocycles. The van der Waals surface area contributed by atoms with Gasteiger partial charge in [-0.15, -0.1) is 10.2 Å². The number of methoxy groups -OCH3 is 1. The highest BCUT2D eigenvalue weighted by molar-refractivity contribution is 7.15. The number of anilines is 1. The van der Waals surface area contributed by atoms with Crippen molar-refractivity contribution in [1.82, 2.24) is 15.5 Å². The predicted octanol–water partition coefficient (Wildman–Crippen LogP) is 1.82. The number of ether oxygens (including phenoxy) is 1. The second kappa shape index (κ2) is 6.41. The fourth-order valence-electron chi connectivity index (χ4n) is 2.79. The maximum absolute atomic E-state index is 5.59. The maximum Gasteiger partial charge on any atom is 0.203 e. The standard InChI is InChI=1S/C15H20N4OS/c1-20-13-5-3-10-2-4-12(8-11(10)9-13)17-7-6-14-18-19-15(16)21-14/h3,5,9,12,17H,2,4,6-8H2,1H3,(H2,16,19). The lowest BCUT2D eigenvalue weighted by Gasteiger charge is -2.26. The SMILES string of the molecule is COc1ccc2c(c1)CC(NCCc1nnc(N)s1)CC2. The van der Waals surface area contributed by atoms with Gasteiger partial charge in [0.2, 0.25) is 5.13 Å². The van der Waals surface area contributed by atoms with Crippen molar-refractivity contribution >= 4 is 16.5 Å². The minimum absolute atomic E-state index is 0.523. The number of nitrogens with two attached hydrogens (primary N) is 1. The Kier molecular flexibility index (Phi) is 4.36. The lowest BCUT2D eigenvalue weighted by molar-refractivity contribution is 0.411. The van der Waals surface area contributed by atoms with Gasteiger partial charge in [0.05, 0.1) is 7.11 Å². The van der Waals surface area contributed by atoms with Crippen molar-refractivity contribution in [3.05, 3.63) is 34.3 Å². The minimum atomic E-state index is 0.523. The zero-order valence-corrected chi connectivity index (χ0v) is 12.9. The molecule has 0 saturated heterocycles. The number of benzene rings is 1. The molecule has 3 rings (SSSR count). The summed E-state index contributed by atoms with van der Waals surface area (Å²) >= 11 is 1.47. The molecule has 1 unspecified atom stereocenters. The Morgan fingerprint density at radius 1 is 1.38 bits per heavy atom. The monoisotopic (exact) mass is 304 g/mol. The fraction of sp³-hybridized carbons (Fsp3) is 0.467. The number of aromatic nitrogens is 2. The summed E-state index contributed by atoms with van der Waals surface area (Å²) in [5.74, 6) is 0.943. The molecule has 5 nitrogen and oxygen atoms in total. The Hall–Kier alpha value is -1.66. The second-order valence-electron chi connectivity index (χ2n) is 5.31. The van der Waals surface area contributed by atoms with E-state index in [4.69, 9.17) is 10.5 Å². The molecule has 0 fully saturated rings. The van der Waals surface area contributed by atoms with Gasteiger partial charge in [0.1, 0.15) is 10.8 Å². The number of nitrogens with one attached hydrogen (secondary N) is 1. The van der Waals surface area contributed by atoms with Gasteiger partial charge in [-0.1, -0.05) is 17.4 Å². The third-order valence-electron chi connectivity index (χ3n) is 3.90. The zero-order chi connectivity index (χ0) is 14.7. The van der Waals surface area contributed by atoms with E-state index in [1.54, 1.807) is 7.11 Å². The van der Waals surface area contributed by atoms with Crippen molar-refractivity contribution in [3.8, 4) is 5.75 Å². The Morgan fingerprint density at radius 3 is 3.05 bits per heavy atom. The van der Waals surface area contributed by atoms with Crippen LogP contribution in [0.2, 0.25) is 0 Å². The van der Waals surface area contributed by atoms with Crippen molar-refractivity contribution in [2.24, 2.45) is 0 Å². The first-order valence-electron chi connectivity index (χ1n) is 7.21. The Labute approximate surface area is 128 Å². The van der Waals surface area contributed by atoms with Crippen LogP contribution in [0, 0.1) is 0 Å². The number of nitrogens with zero attached hydrogens (tertiary/aromatic N) is 2. The topological polar surface area (TPSA) is 73.1 Å². The number of nitrogen functional groups attached to an aromatic ring is 1. The van der Waals surface area contributed by atoms with E-state index in [1.165, 1.54) is 28.9 Å². The van der Waals surface area contributed by atoms with E-state index in [0.717, 1.165) is 36.6 Å². The average molecular weight is 304 g/mol. The van der Waals surface area contributed by atoms with Crippen LogP contribution in [0.15, 0.2) is 18.2 Å². The van der Waals surface area contributed by atoms with Gasteiger partial charge in [-0.25, -0.2) is 0 Å². The lowest BCUT2D eigenvalue weighted by atomic mass is 9.88. The highest BCUT2D eigenvalue weighted by Crippen LogP contribution is 2.25. The molecule has 21 heavy (non-hydrogen) atoms. The lowest BCUT2D eigenvalue weighted by Crippen LogP contribution is -2.35. The van der Waals surface area contributed by atoms with Gasteiger partial charge in [0, 0.05) is 19.0 Å². The summed E-state index contributed by atoms with van der Waals surface area (Å²) in [7, 11) is 1.72. The second-order valence-corrected chi connectivity index (χ2v) is 6.41. The summed E-state index contributed by atoms with van der Waals surface area (Å²) < 4.78 is 5.31. The molecular formula is C15H20N4OS. The largest absolute Gasteiger partial charge is 0.497 e. The van der Waals surface area contributed by atoms with E-state index in [2.05, 4.69) is 27.6 Å². The Morgan fingerprint density at radius 2 is 2.29 bits per heavy atom. The fourth-order valence-corrected chi connectivity index (χ4v) is 3.39. The summed E-state index contributed by atoms with van der Waals surface area (Å²) in [6, 6.07) is 6.92. The molecule has 0 saturated carbocycles. The molecule has 0 bridgehead atoms. The van der Waals surface area contributed by atoms with Crippen LogP contribution in [0.4, 0.5) is 5.13 Å². The molecule has 112 valence electrons. The molecule has 1 atom stereocenters. The highest BCUT2D eigenvalue weighted by atomic mass is 32.1. The van der Waals surface area contributed by atoms with E-state index in [1.807, 2.05) is 6.07 Å². The van der Waals surface area contributed by atoms with E-state index < -0.39 is 0 Å². The molecule has 0 aliphatic heterocycles. The average Bonchev–Trinajstić information content (AvgIpc) is 2.92. The van der Waals surface area contributed by atoms with Crippen LogP contribution in [-0.2, 0) is 19.3 Å². The smallest absolute Gasteiger partial charge is 0.203 e. The zero-order valence-electron chi connectivity index (χ0n) is 12.1. The van der Waals surface area contributed by atoms with E-state index in [9.17, 15) is 0 Å². The normalized spacial score (nSPS) is 17.5. The van der Waals surface area contributed by atoms with Gasteiger partial charge in [0.25, 0.3) is 0 Å². The van der Waals surface area contributed by atoms with Gasteiger partial charge in [0.15, 0.2) is 0 Å². The van der Waals surface area contributed by atoms with Crippen molar-refractivity contribution in [2.75, 3.05) is 19.4 Å². The van der Waals surface area contributed by atoms with Gasteiger partial charge < -0.3 is 15.8 Å². The first kappa shape index (κ1) is 14.3. The van der Waals surface area contributed by atoms with Gasteiger partial charge in [-0.05, 0) is 42.5 Å². The van der Waals surface area contributed by atoms with Crippen LogP contribution in [0.3, 0.4) is 0 Å². The first-order chi connectivity index (χ1) is 10.2. The summed E-state index contributed by atoms with van der Waals surface area (Å²) in [4.78, 5) is 0. The van der Waals surface area contributed by atoms with Gasteiger partial charge >= 0.3 is 0 Å². The third-order valence-corrected chi connectivity index (χ3v) is 4.71. The maximum atomic E-state index is 5.59. The molecule has 6 heteroatoms. The van der Waals surface area contributed by atoms with Crippen LogP contribution in [-0.4, -0.2) is 29.9 Å². The first-order valence-corrected chi connectivity index (χ1v) is 8.03. The minimum Gasteiger partial charge on any atom is -0.497 e. The van der Waals surface area contributed by atoms with Crippen molar-refractivity contribution in [2.45, 2.75) is 31.7 Å². The molecule has 3 N–H and O–H groups in total.